The standard InChI is InChI=1S/C14H11N3O4S/c18-13(15-16-14(19)12-2-1-9-22-12)8-5-10-3-6-11(7-4-10)17(20)21/h1-9H,(H,15,18)(H,16,19)/b8-5+. The number of rotatable bonds is 4. The molecule has 0 aliphatic carbocycles. The average molecular weight is 317 g/mol. The van der Waals surface area contributed by atoms with Gasteiger partial charge in [-0.15, -0.1) is 11.3 Å². The number of nitrogens with zero attached hydrogens (tertiary/aromatic N) is 1. The lowest BCUT2D eigenvalue weighted by Crippen LogP contribution is -2.40. The zero-order valence-electron chi connectivity index (χ0n) is 11.2. The van der Waals surface area contributed by atoms with Crippen LogP contribution in [0.3, 0.4) is 0 Å². The molecule has 0 radical (unpaired) electrons. The zero-order valence-corrected chi connectivity index (χ0v) is 12.0. The van der Waals surface area contributed by atoms with E-state index in [1.54, 1.807) is 17.5 Å². The van der Waals surface area contributed by atoms with Crippen LogP contribution in [0, 0.1) is 10.1 Å². The van der Waals surface area contributed by atoms with Gasteiger partial charge in [0.15, 0.2) is 0 Å². The summed E-state index contributed by atoms with van der Waals surface area (Å²) in [5.41, 5.74) is 5.13. The Morgan fingerprint density at radius 1 is 1.14 bits per heavy atom. The first-order valence-corrected chi connectivity index (χ1v) is 7.00. The Labute approximate surface area is 129 Å². The second-order valence-corrected chi connectivity index (χ2v) is 5.05. The molecule has 0 saturated carbocycles. The van der Waals surface area contributed by atoms with E-state index in [0.717, 1.165) is 0 Å². The van der Waals surface area contributed by atoms with Gasteiger partial charge < -0.3 is 0 Å². The molecule has 22 heavy (non-hydrogen) atoms. The van der Waals surface area contributed by atoms with Gasteiger partial charge in [0, 0.05) is 18.2 Å². The molecule has 2 aromatic rings. The number of carbonyl (C=O) groups excluding carboxylic acids is 2. The van der Waals surface area contributed by atoms with Crippen molar-refractivity contribution in [3.8, 4) is 0 Å². The quantitative estimate of drug-likeness (QED) is 0.512. The van der Waals surface area contributed by atoms with Crippen molar-refractivity contribution in [1.82, 2.24) is 10.9 Å². The van der Waals surface area contributed by atoms with Gasteiger partial charge in [-0.05, 0) is 35.2 Å². The van der Waals surface area contributed by atoms with Crippen LogP contribution in [-0.2, 0) is 4.79 Å². The van der Waals surface area contributed by atoms with E-state index < -0.39 is 16.7 Å². The van der Waals surface area contributed by atoms with Crippen molar-refractivity contribution < 1.29 is 14.5 Å². The smallest absolute Gasteiger partial charge is 0.268 e. The van der Waals surface area contributed by atoms with Crippen LogP contribution >= 0.6 is 11.3 Å². The molecule has 7 nitrogen and oxygen atoms in total. The van der Waals surface area contributed by atoms with Gasteiger partial charge in [0.2, 0.25) is 0 Å². The van der Waals surface area contributed by atoms with Crippen LogP contribution in [0.4, 0.5) is 5.69 Å². The summed E-state index contributed by atoms with van der Waals surface area (Å²) in [5.74, 6) is -0.907. The first kappa shape index (κ1) is 15.4. The van der Waals surface area contributed by atoms with Crippen molar-refractivity contribution in [2.24, 2.45) is 0 Å². The number of nitro benzene ring substituents is 1. The molecule has 0 unspecified atom stereocenters. The fourth-order valence-corrected chi connectivity index (χ4v) is 2.13. The molecule has 0 bridgehead atoms. The predicted octanol–water partition coefficient (Wildman–Crippen LogP) is 2.13. The van der Waals surface area contributed by atoms with Crippen LogP contribution < -0.4 is 10.9 Å². The highest BCUT2D eigenvalue weighted by molar-refractivity contribution is 7.12. The number of non-ortho nitro benzene ring substituents is 1. The zero-order chi connectivity index (χ0) is 15.9. The van der Waals surface area contributed by atoms with Crippen LogP contribution in [-0.4, -0.2) is 16.7 Å². The van der Waals surface area contributed by atoms with Gasteiger partial charge in [-0.2, -0.15) is 0 Å². The van der Waals surface area contributed by atoms with E-state index >= 15 is 0 Å². The van der Waals surface area contributed by atoms with Gasteiger partial charge in [0.25, 0.3) is 17.5 Å². The molecule has 0 aliphatic heterocycles. The highest BCUT2D eigenvalue weighted by atomic mass is 32.1. The summed E-state index contributed by atoms with van der Waals surface area (Å²) < 4.78 is 0. The maximum absolute atomic E-state index is 11.6. The number of benzene rings is 1. The molecule has 1 heterocycles. The van der Waals surface area contributed by atoms with Gasteiger partial charge in [0.05, 0.1) is 9.80 Å². The summed E-state index contributed by atoms with van der Waals surface area (Å²) in [4.78, 5) is 33.6. The molecule has 112 valence electrons. The second kappa shape index (κ2) is 7.14. The Morgan fingerprint density at radius 2 is 1.86 bits per heavy atom. The number of thiophene rings is 1. The third-order valence-corrected chi connectivity index (χ3v) is 3.44. The second-order valence-electron chi connectivity index (χ2n) is 4.10. The lowest BCUT2D eigenvalue weighted by atomic mass is 10.2. The van der Waals surface area contributed by atoms with Crippen molar-refractivity contribution >= 4 is 34.9 Å². The van der Waals surface area contributed by atoms with Gasteiger partial charge >= 0.3 is 0 Å². The Hall–Kier alpha value is -3.00. The molecular formula is C14H11N3O4S. The van der Waals surface area contributed by atoms with Crippen LogP contribution in [0.5, 0.6) is 0 Å². The first-order valence-electron chi connectivity index (χ1n) is 6.12. The number of amides is 2. The molecule has 0 saturated heterocycles. The number of hydrazine groups is 1. The summed E-state index contributed by atoms with van der Waals surface area (Å²) in [5, 5.41) is 12.3. The van der Waals surface area contributed by atoms with E-state index in [9.17, 15) is 19.7 Å². The van der Waals surface area contributed by atoms with Crippen molar-refractivity contribution in [2.75, 3.05) is 0 Å². The highest BCUT2D eigenvalue weighted by Gasteiger charge is 2.06. The number of nitrogens with one attached hydrogen (secondary N) is 2. The molecule has 2 rings (SSSR count). The van der Waals surface area contributed by atoms with Crippen molar-refractivity contribution in [1.29, 1.82) is 0 Å². The molecule has 8 heteroatoms. The maximum Gasteiger partial charge on any atom is 0.279 e. The normalized spacial score (nSPS) is 10.4. The number of hydrogen-bond acceptors (Lipinski definition) is 5. The number of carbonyl (C=O) groups is 2. The van der Waals surface area contributed by atoms with E-state index in [1.807, 2.05) is 0 Å². The van der Waals surface area contributed by atoms with Crippen molar-refractivity contribution in [3.05, 3.63) is 68.4 Å². The third-order valence-electron chi connectivity index (χ3n) is 2.58. The molecule has 0 aliphatic rings. The Morgan fingerprint density at radius 3 is 2.45 bits per heavy atom. The van der Waals surface area contributed by atoms with E-state index in [2.05, 4.69) is 10.9 Å². The van der Waals surface area contributed by atoms with Gasteiger partial charge in [-0.1, -0.05) is 6.07 Å². The lowest BCUT2D eigenvalue weighted by molar-refractivity contribution is -0.384. The van der Waals surface area contributed by atoms with E-state index in [4.69, 9.17) is 0 Å². The van der Waals surface area contributed by atoms with Crippen LogP contribution in [0.15, 0.2) is 47.9 Å². The summed E-state index contributed by atoms with van der Waals surface area (Å²) in [6, 6.07) is 9.10. The Kier molecular flexibility index (Phi) is 4.99. The monoisotopic (exact) mass is 317 g/mol. The molecule has 0 spiro atoms. The summed E-state index contributed by atoms with van der Waals surface area (Å²) in [6.07, 6.45) is 2.70. The molecular weight excluding hydrogens is 306 g/mol. The van der Waals surface area contributed by atoms with E-state index in [0.29, 0.717) is 10.4 Å². The van der Waals surface area contributed by atoms with Crippen molar-refractivity contribution in [2.45, 2.75) is 0 Å². The fraction of sp³-hybridized carbons (Fsp3) is 0. The largest absolute Gasteiger partial charge is 0.279 e. The Bertz CT molecular complexity index is 708. The maximum atomic E-state index is 11.6. The topological polar surface area (TPSA) is 101 Å². The molecule has 2 amide bonds. The minimum Gasteiger partial charge on any atom is -0.268 e. The van der Waals surface area contributed by atoms with Crippen LogP contribution in [0.1, 0.15) is 15.2 Å². The third kappa shape index (κ3) is 4.25. The van der Waals surface area contributed by atoms with Gasteiger partial charge in [-0.3, -0.25) is 30.6 Å². The highest BCUT2D eigenvalue weighted by Crippen LogP contribution is 2.12. The number of hydrogen-bond donors (Lipinski definition) is 2. The summed E-state index contributed by atoms with van der Waals surface area (Å²) >= 11 is 1.26. The summed E-state index contributed by atoms with van der Waals surface area (Å²) in [7, 11) is 0. The van der Waals surface area contributed by atoms with Crippen LogP contribution in [0.2, 0.25) is 0 Å². The predicted molar refractivity (Wildman–Crippen MR) is 82.1 cm³/mol. The molecule has 0 fully saturated rings. The average Bonchev–Trinajstić information content (AvgIpc) is 3.05. The molecule has 2 N–H and O–H groups in total. The van der Waals surface area contributed by atoms with Crippen LogP contribution in [0.25, 0.3) is 6.08 Å². The number of nitro groups is 1. The van der Waals surface area contributed by atoms with E-state index in [-0.39, 0.29) is 5.69 Å². The van der Waals surface area contributed by atoms with Gasteiger partial charge in [-0.25, -0.2) is 0 Å². The molecule has 0 atom stereocenters. The molecule has 1 aromatic carbocycles. The first-order chi connectivity index (χ1) is 10.6. The minimum atomic E-state index is -0.511. The van der Waals surface area contributed by atoms with Gasteiger partial charge in [0.1, 0.15) is 0 Å². The SMILES string of the molecule is O=C(/C=C/c1ccc([N+](=O)[O-])cc1)NNC(=O)c1cccs1. The van der Waals surface area contributed by atoms with Crippen molar-refractivity contribution in [3.63, 3.8) is 0 Å². The fourth-order valence-electron chi connectivity index (χ4n) is 1.51. The van der Waals surface area contributed by atoms with E-state index in [1.165, 1.54) is 47.8 Å². The molecule has 1 aromatic heterocycles. The Balaban J connectivity index is 1.86. The lowest BCUT2D eigenvalue weighted by Gasteiger charge is -2.02. The summed E-state index contributed by atoms with van der Waals surface area (Å²) in [6.45, 7) is 0. The minimum absolute atomic E-state index is 0.0233.